The van der Waals surface area contributed by atoms with Gasteiger partial charge in [0.1, 0.15) is 25.4 Å². The van der Waals surface area contributed by atoms with E-state index in [2.05, 4.69) is 130 Å². The lowest BCUT2D eigenvalue weighted by Crippen LogP contribution is -2.30. The molecule has 18 heteroatoms. The number of carbonyl (C=O) groups is 3. The first kappa shape index (κ1) is 103. The highest BCUT2D eigenvalue weighted by Gasteiger charge is 2.29. The van der Waals surface area contributed by atoms with Crippen molar-refractivity contribution in [2.45, 2.75) is 399 Å². The van der Waals surface area contributed by atoms with Crippen LogP contribution in [0, 0.1) is 0 Å². The van der Waals surface area contributed by atoms with Gasteiger partial charge in [0.05, 0.1) is 26.4 Å². The van der Waals surface area contributed by atoms with Crippen molar-refractivity contribution in [1.29, 1.82) is 0 Å². The van der Waals surface area contributed by atoms with E-state index in [0.29, 0.717) is 19.3 Å². The minimum atomic E-state index is -4.93. The number of rotatable bonds is 82. The second-order valence-corrected chi connectivity index (χ2v) is 31.9. The highest BCUT2D eigenvalue weighted by Crippen LogP contribution is 2.45. The molecule has 0 saturated heterocycles. The van der Waals surface area contributed by atoms with Crippen LogP contribution < -0.4 is 0 Å². The predicted octanol–water partition coefficient (Wildman–Crippen LogP) is 25.9. The zero-order valence-corrected chi connectivity index (χ0v) is 69.8. The van der Waals surface area contributed by atoms with Crippen molar-refractivity contribution < 1.29 is 75.8 Å². The molecule has 0 saturated carbocycles. The van der Waals surface area contributed by atoms with Crippen molar-refractivity contribution in [3.05, 3.63) is 109 Å². The molecule has 0 aliphatic carbocycles. The van der Waals surface area contributed by atoms with Crippen LogP contribution in [0.25, 0.3) is 0 Å². The predicted molar refractivity (Wildman–Crippen MR) is 445 cm³/mol. The molecule has 620 valence electrons. The quantitative estimate of drug-likeness (QED) is 0.0146. The standard InChI is InChI=1S/C89H158O16P2/c1-4-7-10-13-16-19-22-24-26-28-30-32-34-36-38-40-41-43-45-46-48-50-52-54-56-58-61-63-66-69-72-75-87(92)99-78-84(90)79-101-106(95,96)102-80-85(91)81-103-107(97,98)104-83-86(105-89(94)77-74-71-68-65-60-21-18-15-12-9-6-3)82-100-88(93)76-73-70-67-64-62-59-57-55-53-51-49-47-44-42-39-37-35-33-31-29-27-25-23-20-17-14-11-8-5-2/h7,10,16-17,19-20,24-27,30-33,36-39,84-86,90-91H,4-6,8-9,11-15,18,21-23,28-29,34-35,40-83H2,1-3H3,(H,95,96)(H,97,98)/b10-7-,19-16-,20-17-,26-24-,27-25-,32-30-,33-31-,38-36-,39-37-. The number of carbonyl (C=O) groups excluding carboxylic acids is 3. The Labute approximate surface area is 653 Å². The highest BCUT2D eigenvalue weighted by atomic mass is 31.2. The number of phosphoric acid groups is 2. The maximum Gasteiger partial charge on any atom is 0.472 e. The van der Waals surface area contributed by atoms with Gasteiger partial charge >= 0.3 is 33.6 Å². The van der Waals surface area contributed by atoms with Gasteiger partial charge in [0.25, 0.3) is 0 Å². The summed E-state index contributed by atoms with van der Waals surface area (Å²) < 4.78 is 61.2. The first-order valence-corrected chi connectivity index (χ1v) is 46.2. The monoisotopic (exact) mass is 1550 g/mol. The largest absolute Gasteiger partial charge is 0.472 e. The lowest BCUT2D eigenvalue weighted by molar-refractivity contribution is -0.161. The number of phosphoric ester groups is 2. The number of aliphatic hydroxyl groups is 2. The molecule has 0 spiro atoms. The van der Waals surface area contributed by atoms with E-state index < -0.39 is 91.5 Å². The van der Waals surface area contributed by atoms with Crippen LogP contribution in [-0.4, -0.2) is 95.9 Å². The number of hydrogen-bond donors (Lipinski definition) is 4. The van der Waals surface area contributed by atoms with Crippen LogP contribution in [-0.2, 0) is 55.8 Å². The Balaban J connectivity index is 4.37. The van der Waals surface area contributed by atoms with E-state index in [9.17, 15) is 43.5 Å². The van der Waals surface area contributed by atoms with Crippen LogP contribution in [0.2, 0.25) is 0 Å². The Kier molecular flexibility index (Phi) is 78.8. The van der Waals surface area contributed by atoms with Crippen LogP contribution >= 0.6 is 15.6 Å². The summed E-state index contributed by atoms with van der Waals surface area (Å²) >= 11 is 0. The zero-order chi connectivity index (χ0) is 78.0. The number of hydrogen-bond acceptors (Lipinski definition) is 14. The summed E-state index contributed by atoms with van der Waals surface area (Å²) in [6.07, 6.45) is 97.3. The van der Waals surface area contributed by atoms with Gasteiger partial charge in [-0.3, -0.25) is 32.5 Å². The number of ether oxygens (including phenoxy) is 3. The third-order valence-corrected chi connectivity index (χ3v) is 20.4. The van der Waals surface area contributed by atoms with Gasteiger partial charge in [0, 0.05) is 19.3 Å². The summed E-state index contributed by atoms with van der Waals surface area (Å²) in [6, 6.07) is 0. The fraction of sp³-hybridized carbons (Fsp3) is 0.764. The van der Waals surface area contributed by atoms with Gasteiger partial charge in [-0.15, -0.1) is 0 Å². The molecule has 107 heavy (non-hydrogen) atoms. The van der Waals surface area contributed by atoms with E-state index in [1.165, 1.54) is 199 Å². The van der Waals surface area contributed by atoms with Crippen molar-refractivity contribution in [3.8, 4) is 0 Å². The maximum atomic E-state index is 12.9. The minimum absolute atomic E-state index is 0.108. The third-order valence-electron chi connectivity index (χ3n) is 18.5. The van der Waals surface area contributed by atoms with Gasteiger partial charge in [0.15, 0.2) is 6.10 Å². The molecule has 0 aromatic heterocycles. The molecule has 0 fully saturated rings. The molecular weight excluding hydrogens is 1390 g/mol. The zero-order valence-electron chi connectivity index (χ0n) is 68.0. The summed E-state index contributed by atoms with van der Waals surface area (Å²) in [5.74, 6) is -1.56. The van der Waals surface area contributed by atoms with E-state index in [4.69, 9.17) is 32.3 Å². The summed E-state index contributed by atoms with van der Waals surface area (Å²) in [6.45, 7) is 2.58. The number of aliphatic hydroxyl groups excluding tert-OH is 2. The average Bonchev–Trinajstić information content (AvgIpc) is 0.910. The number of unbranched alkanes of at least 4 members (excludes halogenated alkanes) is 41. The molecule has 0 bridgehead atoms. The molecule has 0 aromatic rings. The normalized spacial score (nSPS) is 14.4. The second-order valence-electron chi connectivity index (χ2n) is 29.0. The van der Waals surface area contributed by atoms with Crippen molar-refractivity contribution >= 4 is 33.6 Å². The van der Waals surface area contributed by atoms with E-state index in [1.54, 1.807) is 0 Å². The molecule has 0 aromatic carbocycles. The van der Waals surface area contributed by atoms with Crippen molar-refractivity contribution in [2.24, 2.45) is 0 Å². The summed E-state index contributed by atoms with van der Waals surface area (Å²) in [5, 5.41) is 20.7. The summed E-state index contributed by atoms with van der Waals surface area (Å²) in [4.78, 5) is 58.7. The van der Waals surface area contributed by atoms with Crippen molar-refractivity contribution in [3.63, 3.8) is 0 Å². The molecule has 4 N–H and O–H groups in total. The highest BCUT2D eigenvalue weighted by molar-refractivity contribution is 7.47. The fourth-order valence-electron chi connectivity index (χ4n) is 11.9. The van der Waals surface area contributed by atoms with Gasteiger partial charge in [-0.1, -0.05) is 361 Å². The van der Waals surface area contributed by atoms with Crippen LogP contribution in [0.5, 0.6) is 0 Å². The SMILES string of the molecule is CC/C=C\C/C=C\C/C=C\C/C=C\C/C=C\CCCCCCCCCCCCCCCCCC(=O)OCC(O)COP(=O)(O)OCC(O)COP(=O)(O)OCC(COC(=O)CCCCCCCCCCCCCCC/C=C\C/C=C\C/C=C\C/C=C\CCCCC)OC(=O)CCCCCCCCCCCCC. The molecule has 0 rings (SSSR count). The molecule has 16 nitrogen and oxygen atoms in total. The van der Waals surface area contributed by atoms with Gasteiger partial charge < -0.3 is 34.2 Å². The molecule has 5 unspecified atom stereocenters. The Morgan fingerprint density at radius 1 is 0.271 bits per heavy atom. The van der Waals surface area contributed by atoms with Crippen molar-refractivity contribution in [1.82, 2.24) is 0 Å². The Hall–Kier alpha value is -3.79. The molecular formula is C89H158O16P2. The molecule has 0 aliphatic rings. The lowest BCUT2D eigenvalue weighted by Gasteiger charge is -2.21. The molecule has 5 atom stereocenters. The van der Waals surface area contributed by atoms with Gasteiger partial charge in [0.2, 0.25) is 0 Å². The topological polar surface area (TPSA) is 231 Å². The first-order valence-electron chi connectivity index (χ1n) is 43.2. The van der Waals surface area contributed by atoms with Crippen LogP contribution in [0.15, 0.2) is 109 Å². The molecule has 0 amide bonds. The fourth-order valence-corrected chi connectivity index (χ4v) is 13.5. The Bertz CT molecular complexity index is 2380. The van der Waals surface area contributed by atoms with E-state index >= 15 is 0 Å². The smallest absolute Gasteiger partial charge is 0.463 e. The van der Waals surface area contributed by atoms with Crippen molar-refractivity contribution in [2.75, 3.05) is 39.6 Å². The van der Waals surface area contributed by atoms with Gasteiger partial charge in [-0.2, -0.15) is 0 Å². The summed E-state index contributed by atoms with van der Waals surface area (Å²) in [7, 11) is -9.78. The molecule has 0 heterocycles. The van der Waals surface area contributed by atoms with Crippen LogP contribution in [0.3, 0.4) is 0 Å². The van der Waals surface area contributed by atoms with Crippen LogP contribution in [0.1, 0.15) is 380 Å². The molecule has 0 radical (unpaired) electrons. The average molecular weight is 1550 g/mol. The minimum Gasteiger partial charge on any atom is -0.463 e. The molecule has 0 aliphatic heterocycles. The van der Waals surface area contributed by atoms with Gasteiger partial charge in [-0.05, 0) is 109 Å². The van der Waals surface area contributed by atoms with Crippen LogP contribution in [0.4, 0.5) is 0 Å². The van der Waals surface area contributed by atoms with E-state index in [0.717, 1.165) is 122 Å². The third kappa shape index (κ3) is 83.0. The Morgan fingerprint density at radius 3 is 0.804 bits per heavy atom. The van der Waals surface area contributed by atoms with E-state index in [-0.39, 0.29) is 19.3 Å². The Morgan fingerprint density at radius 2 is 0.495 bits per heavy atom. The summed E-state index contributed by atoms with van der Waals surface area (Å²) in [5.41, 5.74) is 0. The van der Waals surface area contributed by atoms with E-state index in [1.807, 2.05) is 0 Å². The second kappa shape index (κ2) is 81.7. The maximum absolute atomic E-state index is 12.9. The number of esters is 3. The number of allylic oxidation sites excluding steroid dienone is 18. The first-order chi connectivity index (χ1) is 52.2. The lowest BCUT2D eigenvalue weighted by atomic mass is 10.0. The van der Waals surface area contributed by atoms with Gasteiger partial charge in [-0.25, -0.2) is 9.13 Å².